The van der Waals surface area contributed by atoms with Crippen molar-refractivity contribution in [1.82, 2.24) is 0 Å². The van der Waals surface area contributed by atoms with Gasteiger partial charge in [-0.05, 0) is 60.8 Å². The van der Waals surface area contributed by atoms with Crippen molar-refractivity contribution in [3.8, 4) is 0 Å². The molecule has 3 rings (SSSR count). The molecule has 1 fully saturated rings. The van der Waals surface area contributed by atoms with Gasteiger partial charge in [0, 0.05) is 10.9 Å². The number of esters is 1. The maximum atomic E-state index is 12.6. The molecule has 0 spiro atoms. The number of fused-ring (bicyclic) bond motifs is 3. The summed E-state index contributed by atoms with van der Waals surface area (Å²) in [5.74, 6) is -0.348. The molecule has 0 unspecified atom stereocenters. The number of aryl methyl sites for hydroxylation is 1. The van der Waals surface area contributed by atoms with E-state index in [0.29, 0.717) is 6.42 Å². The van der Waals surface area contributed by atoms with E-state index in [1.54, 1.807) is 6.92 Å². The quantitative estimate of drug-likeness (QED) is 0.562. The molecule has 1 aromatic rings. The van der Waals surface area contributed by atoms with Crippen LogP contribution in [0.2, 0.25) is 0 Å². The first-order valence-corrected chi connectivity index (χ1v) is 8.54. The lowest BCUT2D eigenvalue weighted by Gasteiger charge is -2.52. The van der Waals surface area contributed by atoms with Crippen molar-refractivity contribution in [2.75, 3.05) is 7.11 Å². The van der Waals surface area contributed by atoms with Gasteiger partial charge in [0.25, 0.3) is 0 Å². The van der Waals surface area contributed by atoms with Crippen LogP contribution in [0.25, 0.3) is 0 Å². The molecule has 0 bridgehead atoms. The summed E-state index contributed by atoms with van der Waals surface area (Å²) in [4.78, 5) is 25.0. The predicted octanol–water partition coefficient (Wildman–Crippen LogP) is 3.81. The Bertz CT molecular complexity index is 644. The number of halogens is 1. The van der Waals surface area contributed by atoms with Crippen LogP contribution in [-0.2, 0) is 26.2 Å². The average Bonchev–Trinajstić information content (AvgIpc) is 2.50. The smallest absolute Gasteiger partial charge is 0.319 e. The third kappa shape index (κ3) is 1.99. The fourth-order valence-corrected chi connectivity index (χ4v) is 5.07. The molecule has 0 amide bonds. The Kier molecular flexibility index (Phi) is 3.71. The molecule has 0 radical (unpaired) electrons. The number of ether oxygens (including phenoxy) is 1. The van der Waals surface area contributed by atoms with Crippen LogP contribution in [0.4, 0.5) is 0 Å². The summed E-state index contributed by atoms with van der Waals surface area (Å²) in [6.45, 7) is 3.99. The van der Waals surface area contributed by atoms with E-state index >= 15 is 0 Å². The molecular formula is C18H21BrO3. The van der Waals surface area contributed by atoms with Crippen LogP contribution in [0, 0.1) is 11.3 Å². The summed E-state index contributed by atoms with van der Waals surface area (Å²) in [6, 6.07) is 6.38. The second-order valence-electron chi connectivity index (χ2n) is 6.93. The SMILES string of the molecule is COC(=O)[C@]1(C)C(=O)CC[C@]2(C)c3ccc(Br)cc3CC[C@@H]12. The van der Waals surface area contributed by atoms with Crippen LogP contribution < -0.4 is 0 Å². The van der Waals surface area contributed by atoms with Crippen LogP contribution >= 0.6 is 15.9 Å². The summed E-state index contributed by atoms with van der Waals surface area (Å²) < 4.78 is 6.08. The molecule has 22 heavy (non-hydrogen) atoms. The van der Waals surface area contributed by atoms with Crippen LogP contribution in [0.5, 0.6) is 0 Å². The number of methoxy groups -OCH3 is 1. The van der Waals surface area contributed by atoms with E-state index in [1.807, 2.05) is 0 Å². The van der Waals surface area contributed by atoms with E-state index in [1.165, 1.54) is 18.2 Å². The summed E-state index contributed by atoms with van der Waals surface area (Å²) >= 11 is 3.53. The number of benzene rings is 1. The van der Waals surface area contributed by atoms with Crippen LogP contribution in [0.1, 0.15) is 44.2 Å². The van der Waals surface area contributed by atoms with Gasteiger partial charge in [0.1, 0.15) is 11.2 Å². The van der Waals surface area contributed by atoms with E-state index in [9.17, 15) is 9.59 Å². The lowest BCUT2D eigenvalue weighted by Crippen LogP contribution is -2.57. The zero-order chi connectivity index (χ0) is 16.1. The first-order chi connectivity index (χ1) is 10.3. The molecule has 0 saturated heterocycles. The summed E-state index contributed by atoms with van der Waals surface area (Å²) in [7, 11) is 1.38. The van der Waals surface area contributed by atoms with Gasteiger partial charge in [-0.2, -0.15) is 0 Å². The van der Waals surface area contributed by atoms with Crippen molar-refractivity contribution < 1.29 is 14.3 Å². The third-order valence-corrected chi connectivity index (χ3v) is 6.40. The maximum Gasteiger partial charge on any atom is 0.319 e. The van der Waals surface area contributed by atoms with Gasteiger partial charge in [-0.15, -0.1) is 0 Å². The van der Waals surface area contributed by atoms with E-state index in [0.717, 1.165) is 23.7 Å². The minimum absolute atomic E-state index is 0.00220. The molecule has 0 heterocycles. The summed E-state index contributed by atoms with van der Waals surface area (Å²) in [6.07, 6.45) is 2.98. The predicted molar refractivity (Wildman–Crippen MR) is 87.7 cm³/mol. The minimum Gasteiger partial charge on any atom is -0.468 e. The molecule has 4 heteroatoms. The molecule has 0 aliphatic heterocycles. The molecule has 1 aromatic carbocycles. The topological polar surface area (TPSA) is 43.4 Å². The Morgan fingerprint density at radius 3 is 2.73 bits per heavy atom. The highest BCUT2D eigenvalue weighted by Crippen LogP contribution is 2.56. The standard InChI is InChI=1S/C18H21BrO3/c1-17-9-8-15(20)18(2,16(21)22-3)14(17)7-4-11-10-12(19)5-6-13(11)17/h5-6,10,14H,4,7-9H2,1-3H3/t14-,17-,18+/m1/s1. The molecule has 2 aliphatic rings. The Balaban J connectivity index is 2.14. The van der Waals surface area contributed by atoms with Crippen LogP contribution in [0.3, 0.4) is 0 Å². The molecule has 118 valence electrons. The van der Waals surface area contributed by atoms with Crippen molar-refractivity contribution >= 4 is 27.7 Å². The Hall–Kier alpha value is -1.16. The largest absolute Gasteiger partial charge is 0.468 e. The van der Waals surface area contributed by atoms with Gasteiger partial charge in [0.15, 0.2) is 0 Å². The monoisotopic (exact) mass is 364 g/mol. The molecule has 2 aliphatic carbocycles. The van der Waals surface area contributed by atoms with E-state index in [-0.39, 0.29) is 23.1 Å². The molecular weight excluding hydrogens is 344 g/mol. The number of Topliss-reactive ketones (excluding diaryl/α,β-unsaturated/α-hetero) is 1. The van der Waals surface area contributed by atoms with E-state index in [2.05, 4.69) is 41.1 Å². The molecule has 1 saturated carbocycles. The lowest BCUT2D eigenvalue weighted by molar-refractivity contribution is -0.167. The van der Waals surface area contributed by atoms with Gasteiger partial charge in [-0.1, -0.05) is 28.9 Å². The zero-order valence-corrected chi connectivity index (χ0v) is 14.8. The molecule has 0 N–H and O–H groups in total. The number of carbonyl (C=O) groups is 2. The lowest BCUT2D eigenvalue weighted by atomic mass is 9.49. The normalized spacial score (nSPS) is 33.8. The summed E-state index contributed by atoms with van der Waals surface area (Å²) in [5, 5.41) is 0. The Morgan fingerprint density at radius 1 is 1.32 bits per heavy atom. The highest BCUT2D eigenvalue weighted by molar-refractivity contribution is 9.10. The zero-order valence-electron chi connectivity index (χ0n) is 13.2. The Morgan fingerprint density at radius 2 is 2.05 bits per heavy atom. The number of hydrogen-bond donors (Lipinski definition) is 0. The van der Waals surface area contributed by atoms with Crippen molar-refractivity contribution in [3.05, 3.63) is 33.8 Å². The number of ketones is 1. The van der Waals surface area contributed by atoms with Crippen molar-refractivity contribution in [1.29, 1.82) is 0 Å². The molecule has 3 nitrogen and oxygen atoms in total. The number of hydrogen-bond acceptors (Lipinski definition) is 3. The second kappa shape index (κ2) is 5.19. The van der Waals surface area contributed by atoms with E-state index < -0.39 is 5.41 Å². The van der Waals surface area contributed by atoms with Gasteiger partial charge in [0.05, 0.1) is 7.11 Å². The minimum atomic E-state index is -1.02. The first-order valence-electron chi connectivity index (χ1n) is 7.74. The Labute approximate surface area is 139 Å². The van der Waals surface area contributed by atoms with E-state index in [4.69, 9.17) is 4.74 Å². The van der Waals surface area contributed by atoms with Gasteiger partial charge >= 0.3 is 5.97 Å². The number of carbonyl (C=O) groups excluding carboxylic acids is 2. The van der Waals surface area contributed by atoms with Gasteiger partial charge < -0.3 is 4.74 Å². The fourth-order valence-electron chi connectivity index (χ4n) is 4.66. The second-order valence-corrected chi connectivity index (χ2v) is 7.84. The summed E-state index contributed by atoms with van der Waals surface area (Å²) in [5.41, 5.74) is 1.45. The van der Waals surface area contributed by atoms with Gasteiger partial charge in [-0.25, -0.2) is 0 Å². The average molecular weight is 365 g/mol. The van der Waals surface area contributed by atoms with Crippen molar-refractivity contribution in [2.24, 2.45) is 11.3 Å². The molecule has 3 atom stereocenters. The van der Waals surface area contributed by atoms with Crippen molar-refractivity contribution in [3.63, 3.8) is 0 Å². The third-order valence-electron chi connectivity index (χ3n) is 5.91. The van der Waals surface area contributed by atoms with Gasteiger partial charge in [0.2, 0.25) is 0 Å². The number of rotatable bonds is 1. The maximum absolute atomic E-state index is 12.6. The fraction of sp³-hybridized carbons (Fsp3) is 0.556. The van der Waals surface area contributed by atoms with Crippen LogP contribution in [0.15, 0.2) is 22.7 Å². The first kappa shape index (κ1) is 15.7. The highest BCUT2D eigenvalue weighted by Gasteiger charge is 2.59. The van der Waals surface area contributed by atoms with Crippen LogP contribution in [-0.4, -0.2) is 18.9 Å². The highest BCUT2D eigenvalue weighted by atomic mass is 79.9. The van der Waals surface area contributed by atoms with Gasteiger partial charge in [-0.3, -0.25) is 9.59 Å². The molecule has 0 aromatic heterocycles. The van der Waals surface area contributed by atoms with Crippen molar-refractivity contribution in [2.45, 2.75) is 44.9 Å².